The zero-order valence-electron chi connectivity index (χ0n) is 12.6. The fraction of sp³-hybridized carbons (Fsp3) is 0.625. The highest BCUT2D eigenvalue weighted by molar-refractivity contribution is 7.80. The highest BCUT2D eigenvalue weighted by Gasteiger charge is 2.43. The molecule has 3 nitrogen and oxygen atoms in total. The van der Waals surface area contributed by atoms with Gasteiger partial charge < -0.3 is 11.1 Å². The summed E-state index contributed by atoms with van der Waals surface area (Å²) >= 11 is 6.93. The second kappa shape index (κ2) is 7.36. The third-order valence-electron chi connectivity index (χ3n) is 4.38. The van der Waals surface area contributed by atoms with Crippen LogP contribution in [0.4, 0.5) is 0 Å². The maximum atomic E-state index is 12.9. The highest BCUT2D eigenvalue weighted by atomic mass is 32.1. The number of thiocarbonyl (C=S) groups is 1. The second-order valence-corrected chi connectivity index (χ2v) is 7.26. The van der Waals surface area contributed by atoms with E-state index in [1.54, 1.807) is 11.3 Å². The van der Waals surface area contributed by atoms with E-state index in [1.165, 1.54) is 11.3 Å². The van der Waals surface area contributed by atoms with E-state index < -0.39 is 5.41 Å². The summed E-state index contributed by atoms with van der Waals surface area (Å²) in [5.41, 5.74) is 5.32. The lowest BCUT2D eigenvalue weighted by atomic mass is 9.73. The molecule has 0 radical (unpaired) electrons. The lowest BCUT2D eigenvalue weighted by Crippen LogP contribution is -2.50. The first-order valence-corrected chi connectivity index (χ1v) is 9.03. The molecular weight excluding hydrogens is 300 g/mol. The number of carbonyl (C=O) groups is 1. The Labute approximate surface area is 136 Å². The van der Waals surface area contributed by atoms with Crippen molar-refractivity contribution in [2.45, 2.75) is 57.9 Å². The number of hydrogen-bond donors (Lipinski definition) is 2. The minimum Gasteiger partial charge on any atom is -0.392 e. The van der Waals surface area contributed by atoms with Gasteiger partial charge in [0, 0.05) is 4.88 Å². The summed E-state index contributed by atoms with van der Waals surface area (Å²) in [6.07, 6.45) is 6.78. The molecule has 2 rings (SSSR count). The molecule has 1 amide bonds. The van der Waals surface area contributed by atoms with E-state index >= 15 is 0 Å². The molecule has 21 heavy (non-hydrogen) atoms. The van der Waals surface area contributed by atoms with Crippen molar-refractivity contribution in [3.8, 4) is 0 Å². The van der Waals surface area contributed by atoms with Gasteiger partial charge in [0.1, 0.15) is 0 Å². The van der Waals surface area contributed by atoms with Crippen LogP contribution in [0.2, 0.25) is 0 Å². The summed E-state index contributed by atoms with van der Waals surface area (Å²) in [6.45, 7) is 2.14. The van der Waals surface area contributed by atoms with E-state index in [1.807, 2.05) is 11.4 Å². The number of thiophene rings is 1. The van der Waals surface area contributed by atoms with Crippen molar-refractivity contribution in [2.75, 3.05) is 0 Å². The molecule has 3 N–H and O–H groups in total. The van der Waals surface area contributed by atoms with Crippen molar-refractivity contribution >= 4 is 34.5 Å². The van der Waals surface area contributed by atoms with Gasteiger partial charge in [-0.05, 0) is 30.7 Å². The molecule has 1 heterocycles. The van der Waals surface area contributed by atoms with Gasteiger partial charge in [0.15, 0.2) is 0 Å². The first-order valence-electron chi connectivity index (χ1n) is 7.74. The van der Waals surface area contributed by atoms with Crippen LogP contribution in [0, 0.1) is 5.41 Å². The largest absolute Gasteiger partial charge is 0.392 e. The third kappa shape index (κ3) is 3.64. The van der Waals surface area contributed by atoms with Crippen molar-refractivity contribution in [3.63, 3.8) is 0 Å². The van der Waals surface area contributed by atoms with Gasteiger partial charge >= 0.3 is 0 Å². The fourth-order valence-corrected chi connectivity index (χ4v) is 4.21. The van der Waals surface area contributed by atoms with E-state index in [9.17, 15) is 4.79 Å². The summed E-state index contributed by atoms with van der Waals surface area (Å²) in [6, 6.07) is 4.19. The summed E-state index contributed by atoms with van der Waals surface area (Å²) in [5.74, 6) is 0.0292. The highest BCUT2D eigenvalue weighted by Crippen LogP contribution is 2.38. The standard InChI is InChI=1S/C16H24N2OS2/c1-2-7-12(13-8-6-11-21-13)18-15(19)16(14(17)20)9-4-3-5-10-16/h6,8,11-12H,2-5,7,9-10H2,1H3,(H2,17,20)(H,18,19). The van der Waals surface area contributed by atoms with Crippen molar-refractivity contribution in [1.82, 2.24) is 5.32 Å². The van der Waals surface area contributed by atoms with Crippen LogP contribution >= 0.6 is 23.6 Å². The van der Waals surface area contributed by atoms with Gasteiger partial charge in [0.05, 0.1) is 16.4 Å². The Morgan fingerprint density at radius 2 is 2.19 bits per heavy atom. The molecule has 0 saturated heterocycles. The van der Waals surface area contributed by atoms with Gasteiger partial charge in [-0.3, -0.25) is 4.79 Å². The van der Waals surface area contributed by atoms with Crippen molar-refractivity contribution in [2.24, 2.45) is 11.1 Å². The van der Waals surface area contributed by atoms with Gasteiger partial charge in [-0.1, -0.05) is 50.9 Å². The summed E-state index contributed by atoms with van der Waals surface area (Å²) < 4.78 is 0. The van der Waals surface area contributed by atoms with Gasteiger partial charge in [0.2, 0.25) is 5.91 Å². The molecule has 0 aromatic carbocycles. The zero-order chi connectivity index (χ0) is 15.3. The van der Waals surface area contributed by atoms with E-state index in [0.29, 0.717) is 4.99 Å². The molecular formula is C16H24N2OS2. The molecule has 0 bridgehead atoms. The molecule has 116 valence electrons. The van der Waals surface area contributed by atoms with Crippen molar-refractivity contribution in [1.29, 1.82) is 0 Å². The molecule has 1 saturated carbocycles. The van der Waals surface area contributed by atoms with E-state index in [0.717, 1.165) is 38.5 Å². The van der Waals surface area contributed by atoms with Crippen LogP contribution in [0.3, 0.4) is 0 Å². The van der Waals surface area contributed by atoms with Crippen molar-refractivity contribution < 1.29 is 4.79 Å². The van der Waals surface area contributed by atoms with Crippen molar-refractivity contribution in [3.05, 3.63) is 22.4 Å². The van der Waals surface area contributed by atoms with Crippen LogP contribution < -0.4 is 11.1 Å². The zero-order valence-corrected chi connectivity index (χ0v) is 14.2. The fourth-order valence-electron chi connectivity index (χ4n) is 3.10. The molecule has 1 unspecified atom stereocenters. The molecule has 1 atom stereocenters. The molecule has 0 spiro atoms. The molecule has 1 aromatic heterocycles. The molecule has 1 aromatic rings. The second-order valence-electron chi connectivity index (χ2n) is 5.84. The normalized spacial score (nSPS) is 18.9. The first kappa shape index (κ1) is 16.4. The molecule has 5 heteroatoms. The Kier molecular flexibility index (Phi) is 5.76. The smallest absolute Gasteiger partial charge is 0.233 e. The molecule has 1 aliphatic carbocycles. The quantitative estimate of drug-likeness (QED) is 0.779. The Morgan fingerprint density at radius 3 is 2.71 bits per heavy atom. The molecule has 0 aliphatic heterocycles. The van der Waals surface area contributed by atoms with Crippen LogP contribution in [0.15, 0.2) is 17.5 Å². The average Bonchev–Trinajstić information content (AvgIpc) is 3.01. The maximum Gasteiger partial charge on any atom is 0.233 e. The van der Waals surface area contributed by atoms with E-state index in [4.69, 9.17) is 18.0 Å². The van der Waals surface area contributed by atoms with Crippen LogP contribution in [-0.2, 0) is 4.79 Å². The van der Waals surface area contributed by atoms with Gasteiger partial charge in [-0.25, -0.2) is 0 Å². The SMILES string of the molecule is CCCC(NC(=O)C1(C(N)=S)CCCCC1)c1cccs1. The lowest BCUT2D eigenvalue weighted by molar-refractivity contribution is -0.129. The first-order chi connectivity index (χ1) is 10.1. The monoisotopic (exact) mass is 324 g/mol. The number of hydrogen-bond acceptors (Lipinski definition) is 3. The Morgan fingerprint density at radius 1 is 1.48 bits per heavy atom. The maximum absolute atomic E-state index is 12.9. The van der Waals surface area contributed by atoms with Crippen LogP contribution in [0.1, 0.15) is 62.8 Å². The average molecular weight is 325 g/mol. The number of amides is 1. The van der Waals surface area contributed by atoms with E-state index in [-0.39, 0.29) is 11.9 Å². The third-order valence-corrected chi connectivity index (χ3v) is 5.76. The van der Waals surface area contributed by atoms with Gasteiger partial charge in [-0.2, -0.15) is 0 Å². The van der Waals surface area contributed by atoms with Crippen LogP contribution in [0.25, 0.3) is 0 Å². The summed E-state index contributed by atoms with van der Waals surface area (Å²) in [5, 5.41) is 5.27. The Hall–Kier alpha value is -0.940. The number of carbonyl (C=O) groups excluding carboxylic acids is 1. The summed E-state index contributed by atoms with van der Waals surface area (Å²) in [4.78, 5) is 14.4. The number of rotatable bonds is 6. The Balaban J connectivity index is 2.15. The predicted molar refractivity (Wildman–Crippen MR) is 92.4 cm³/mol. The molecule has 1 fully saturated rings. The Bertz CT molecular complexity index is 478. The minimum absolute atomic E-state index is 0.0292. The lowest BCUT2D eigenvalue weighted by Gasteiger charge is -2.36. The molecule has 1 aliphatic rings. The van der Waals surface area contributed by atoms with E-state index in [2.05, 4.69) is 18.3 Å². The van der Waals surface area contributed by atoms with Gasteiger partial charge in [-0.15, -0.1) is 11.3 Å². The number of nitrogens with two attached hydrogens (primary N) is 1. The number of nitrogens with one attached hydrogen (secondary N) is 1. The van der Waals surface area contributed by atoms with Gasteiger partial charge in [0.25, 0.3) is 0 Å². The van der Waals surface area contributed by atoms with Crippen LogP contribution in [0.5, 0.6) is 0 Å². The van der Waals surface area contributed by atoms with Crippen LogP contribution in [-0.4, -0.2) is 10.9 Å². The minimum atomic E-state index is -0.628. The predicted octanol–water partition coefficient (Wildman–Crippen LogP) is 3.94. The topological polar surface area (TPSA) is 55.1 Å². The summed E-state index contributed by atoms with van der Waals surface area (Å²) in [7, 11) is 0.